The van der Waals surface area contributed by atoms with Crippen LogP contribution >= 0.6 is 31.9 Å². The van der Waals surface area contributed by atoms with Crippen molar-refractivity contribution in [3.8, 4) is 5.75 Å². The molecule has 0 radical (unpaired) electrons. The molecule has 0 heterocycles. The molecule has 0 atom stereocenters. The van der Waals surface area contributed by atoms with Gasteiger partial charge in [0.2, 0.25) is 0 Å². The second-order valence-electron chi connectivity index (χ2n) is 2.49. The largest absolute Gasteiger partial charge is 0.492 e. The number of hydrogen-bond acceptors (Lipinski definition) is 2. The summed E-state index contributed by atoms with van der Waals surface area (Å²) in [5, 5.41) is 9.44. The predicted octanol–water partition coefficient (Wildman–Crippen LogP) is 2.92. The van der Waals surface area contributed by atoms with Crippen molar-refractivity contribution in [3.05, 3.63) is 28.2 Å². The van der Waals surface area contributed by atoms with Gasteiger partial charge in [0, 0.05) is 5.33 Å². The van der Waals surface area contributed by atoms with Gasteiger partial charge in [0.05, 0.1) is 16.6 Å². The maximum Gasteiger partial charge on any atom is 0.335 e. The average Bonchev–Trinajstić information content (AvgIpc) is 2.15. The van der Waals surface area contributed by atoms with E-state index < -0.39 is 5.97 Å². The Morgan fingerprint density at radius 1 is 1.50 bits per heavy atom. The van der Waals surface area contributed by atoms with Crippen molar-refractivity contribution in [2.24, 2.45) is 0 Å². The number of carboxylic acid groups (broad SMARTS) is 1. The lowest BCUT2D eigenvalue weighted by atomic mass is 10.2. The Morgan fingerprint density at radius 3 is 2.71 bits per heavy atom. The Labute approximate surface area is 98.3 Å². The summed E-state index contributed by atoms with van der Waals surface area (Å²) in [5.74, 6) is -0.299. The fraction of sp³-hybridized carbons (Fsp3) is 0.222. The number of carboxylic acids is 1. The molecule has 5 heteroatoms. The smallest absolute Gasteiger partial charge is 0.335 e. The molecule has 0 saturated carbocycles. The number of aromatic carboxylic acids is 1. The Kier molecular flexibility index (Phi) is 4.41. The van der Waals surface area contributed by atoms with Crippen molar-refractivity contribution in [1.29, 1.82) is 0 Å². The molecule has 0 saturated heterocycles. The molecule has 0 spiro atoms. The van der Waals surface area contributed by atoms with Gasteiger partial charge in [-0.1, -0.05) is 15.9 Å². The monoisotopic (exact) mass is 322 g/mol. The van der Waals surface area contributed by atoms with E-state index in [4.69, 9.17) is 9.84 Å². The Morgan fingerprint density at radius 2 is 2.21 bits per heavy atom. The summed E-state index contributed by atoms with van der Waals surface area (Å²) in [6, 6.07) is 4.67. The minimum absolute atomic E-state index is 0.239. The van der Waals surface area contributed by atoms with Crippen LogP contribution in [0.3, 0.4) is 0 Å². The first kappa shape index (κ1) is 11.5. The normalized spacial score (nSPS) is 9.86. The van der Waals surface area contributed by atoms with Gasteiger partial charge in [0.1, 0.15) is 5.75 Å². The highest BCUT2D eigenvalue weighted by Gasteiger charge is 2.06. The van der Waals surface area contributed by atoms with Crippen LogP contribution in [0.25, 0.3) is 0 Å². The van der Waals surface area contributed by atoms with Crippen LogP contribution in [0.15, 0.2) is 22.7 Å². The molecule has 76 valence electrons. The summed E-state index contributed by atoms with van der Waals surface area (Å²) in [5.41, 5.74) is 0.239. The van der Waals surface area contributed by atoms with Gasteiger partial charge < -0.3 is 9.84 Å². The molecule has 0 amide bonds. The summed E-state index contributed by atoms with van der Waals surface area (Å²) in [6.07, 6.45) is 0. The molecule has 1 aromatic rings. The molecule has 1 N–H and O–H groups in total. The first-order chi connectivity index (χ1) is 6.65. The van der Waals surface area contributed by atoms with Crippen molar-refractivity contribution in [2.45, 2.75) is 0 Å². The Bertz CT molecular complexity index is 339. The van der Waals surface area contributed by atoms with E-state index in [-0.39, 0.29) is 5.56 Å². The average molecular weight is 324 g/mol. The van der Waals surface area contributed by atoms with E-state index >= 15 is 0 Å². The molecule has 1 rings (SSSR count). The fourth-order valence-electron chi connectivity index (χ4n) is 0.899. The summed E-state index contributed by atoms with van der Waals surface area (Å²) in [7, 11) is 0. The van der Waals surface area contributed by atoms with Crippen LogP contribution in [0.4, 0.5) is 0 Å². The van der Waals surface area contributed by atoms with E-state index in [2.05, 4.69) is 31.9 Å². The highest BCUT2D eigenvalue weighted by atomic mass is 79.9. The number of benzene rings is 1. The second-order valence-corrected chi connectivity index (χ2v) is 4.14. The van der Waals surface area contributed by atoms with Gasteiger partial charge in [-0.05, 0) is 34.1 Å². The van der Waals surface area contributed by atoms with Crippen molar-refractivity contribution < 1.29 is 14.6 Å². The van der Waals surface area contributed by atoms with Gasteiger partial charge >= 0.3 is 5.97 Å². The van der Waals surface area contributed by atoms with Crippen LogP contribution in [0.1, 0.15) is 10.4 Å². The quantitative estimate of drug-likeness (QED) is 0.867. The first-order valence-corrected chi connectivity index (χ1v) is 5.78. The van der Waals surface area contributed by atoms with Crippen LogP contribution in [0.2, 0.25) is 0 Å². The van der Waals surface area contributed by atoms with E-state index in [0.717, 1.165) is 5.33 Å². The topological polar surface area (TPSA) is 46.5 Å². The van der Waals surface area contributed by atoms with E-state index in [1.165, 1.54) is 12.1 Å². The zero-order valence-electron chi connectivity index (χ0n) is 7.17. The van der Waals surface area contributed by atoms with Gasteiger partial charge in [-0.25, -0.2) is 4.79 Å². The highest BCUT2D eigenvalue weighted by Crippen LogP contribution is 2.25. The third kappa shape index (κ3) is 2.99. The van der Waals surface area contributed by atoms with Gasteiger partial charge in [0.15, 0.2) is 0 Å². The predicted molar refractivity (Wildman–Crippen MR) is 60.4 cm³/mol. The Balaban J connectivity index is 2.84. The van der Waals surface area contributed by atoms with Crippen molar-refractivity contribution in [2.75, 3.05) is 11.9 Å². The molecule has 0 unspecified atom stereocenters. The maximum absolute atomic E-state index is 10.6. The minimum atomic E-state index is -0.947. The van der Waals surface area contributed by atoms with Gasteiger partial charge in [0.25, 0.3) is 0 Å². The molecular formula is C9H8Br2O3. The van der Waals surface area contributed by atoms with Gasteiger partial charge in [-0.15, -0.1) is 0 Å². The standard InChI is InChI=1S/C9H8Br2O3/c10-3-4-14-8-2-1-6(9(12)13)5-7(8)11/h1-2,5H,3-4H2,(H,12,13). The molecule has 0 bridgehead atoms. The molecule has 0 fully saturated rings. The molecule has 14 heavy (non-hydrogen) atoms. The zero-order chi connectivity index (χ0) is 10.6. The molecule has 3 nitrogen and oxygen atoms in total. The summed E-state index contributed by atoms with van der Waals surface area (Å²) >= 11 is 6.48. The number of halogens is 2. The van der Waals surface area contributed by atoms with Crippen molar-refractivity contribution >= 4 is 37.8 Å². The summed E-state index contributed by atoms with van der Waals surface area (Å²) in [6.45, 7) is 0.547. The van der Waals surface area contributed by atoms with Crippen LogP contribution in [-0.4, -0.2) is 23.0 Å². The van der Waals surface area contributed by atoms with E-state index in [1.54, 1.807) is 6.07 Å². The van der Waals surface area contributed by atoms with E-state index in [0.29, 0.717) is 16.8 Å². The number of alkyl halides is 1. The van der Waals surface area contributed by atoms with E-state index in [1.807, 2.05) is 0 Å². The summed E-state index contributed by atoms with van der Waals surface area (Å²) < 4.78 is 5.99. The molecule has 1 aromatic carbocycles. The van der Waals surface area contributed by atoms with E-state index in [9.17, 15) is 4.79 Å². The molecule has 0 aliphatic rings. The lowest BCUT2D eigenvalue weighted by molar-refractivity contribution is 0.0697. The highest BCUT2D eigenvalue weighted by molar-refractivity contribution is 9.10. The Hall–Kier alpha value is -0.550. The van der Waals surface area contributed by atoms with Crippen LogP contribution in [-0.2, 0) is 0 Å². The molecule has 0 aliphatic carbocycles. The van der Waals surface area contributed by atoms with Crippen LogP contribution in [0.5, 0.6) is 5.75 Å². The zero-order valence-corrected chi connectivity index (χ0v) is 10.3. The number of ether oxygens (including phenoxy) is 1. The lowest BCUT2D eigenvalue weighted by Gasteiger charge is -2.06. The number of carbonyl (C=O) groups is 1. The number of rotatable bonds is 4. The lowest BCUT2D eigenvalue weighted by Crippen LogP contribution is -2.00. The fourth-order valence-corrected chi connectivity index (χ4v) is 1.55. The van der Waals surface area contributed by atoms with Gasteiger partial charge in [-0.2, -0.15) is 0 Å². The van der Waals surface area contributed by atoms with Crippen LogP contribution < -0.4 is 4.74 Å². The first-order valence-electron chi connectivity index (χ1n) is 3.86. The third-order valence-corrected chi connectivity index (χ3v) is 2.46. The molecular weight excluding hydrogens is 316 g/mol. The molecule has 0 aromatic heterocycles. The minimum Gasteiger partial charge on any atom is -0.492 e. The second kappa shape index (κ2) is 5.36. The van der Waals surface area contributed by atoms with Crippen molar-refractivity contribution in [1.82, 2.24) is 0 Å². The SMILES string of the molecule is O=C(O)c1ccc(OCCBr)c(Br)c1. The van der Waals surface area contributed by atoms with Gasteiger partial charge in [-0.3, -0.25) is 0 Å². The number of hydrogen-bond donors (Lipinski definition) is 1. The third-order valence-electron chi connectivity index (χ3n) is 1.51. The molecule has 0 aliphatic heterocycles. The summed E-state index contributed by atoms with van der Waals surface area (Å²) in [4.78, 5) is 10.6. The maximum atomic E-state index is 10.6. The van der Waals surface area contributed by atoms with Crippen molar-refractivity contribution in [3.63, 3.8) is 0 Å². The van der Waals surface area contributed by atoms with Crippen LogP contribution in [0, 0.1) is 0 Å².